The fourth-order valence-corrected chi connectivity index (χ4v) is 4.42. The lowest BCUT2D eigenvalue weighted by atomic mass is 9.96. The fraction of sp³-hybridized carbons (Fsp3) is 1.00. The molecule has 0 bridgehead atoms. The van der Waals surface area contributed by atoms with E-state index in [1.807, 2.05) is 0 Å². The van der Waals surface area contributed by atoms with Crippen LogP contribution in [0.15, 0.2) is 0 Å². The third-order valence-corrected chi connectivity index (χ3v) is 6.74. The molecule has 3 saturated heterocycles. The number of hydrogen-bond donors (Lipinski definition) is 10. The molecule has 0 aliphatic carbocycles. The SMILES string of the molecule is CC(C)(C)OC1OC(COC2OC(COC3OC(CO)C(O)C(O)C3N)C(O)C(O)C2N)C(O)C(O)C1N. The monoisotopic (exact) mass is 557 g/mol. The van der Waals surface area contributed by atoms with Gasteiger partial charge in [0.05, 0.1) is 43.5 Å². The zero-order chi connectivity index (χ0) is 28.5. The van der Waals surface area contributed by atoms with Gasteiger partial charge in [0.25, 0.3) is 0 Å². The van der Waals surface area contributed by atoms with Crippen molar-refractivity contribution in [2.45, 2.75) is 118 Å². The van der Waals surface area contributed by atoms with Gasteiger partial charge >= 0.3 is 0 Å². The maximum absolute atomic E-state index is 10.5. The van der Waals surface area contributed by atoms with E-state index in [2.05, 4.69) is 0 Å². The summed E-state index contributed by atoms with van der Waals surface area (Å²) in [6.07, 6.45) is -15.8. The first-order valence-corrected chi connectivity index (χ1v) is 12.5. The third-order valence-electron chi connectivity index (χ3n) is 6.74. The molecule has 0 aromatic heterocycles. The average Bonchev–Trinajstić information content (AvgIpc) is 2.86. The Labute approximate surface area is 220 Å². The molecule has 0 amide bonds. The quantitative estimate of drug-likeness (QED) is 0.133. The van der Waals surface area contributed by atoms with E-state index >= 15 is 0 Å². The van der Waals surface area contributed by atoms with Crippen LogP contribution in [-0.2, 0) is 28.4 Å². The zero-order valence-electron chi connectivity index (χ0n) is 21.6. The Morgan fingerprint density at radius 3 is 1.32 bits per heavy atom. The second-order valence-corrected chi connectivity index (χ2v) is 10.9. The van der Waals surface area contributed by atoms with Crippen molar-refractivity contribution in [3.05, 3.63) is 0 Å². The highest BCUT2D eigenvalue weighted by Gasteiger charge is 2.48. The molecule has 3 fully saturated rings. The summed E-state index contributed by atoms with van der Waals surface area (Å²) in [6.45, 7) is 3.97. The van der Waals surface area contributed by atoms with Gasteiger partial charge in [-0.1, -0.05) is 0 Å². The van der Waals surface area contributed by atoms with Crippen molar-refractivity contribution in [2.75, 3.05) is 19.8 Å². The van der Waals surface area contributed by atoms with E-state index in [1.54, 1.807) is 20.8 Å². The second-order valence-electron chi connectivity index (χ2n) is 10.9. The summed E-state index contributed by atoms with van der Waals surface area (Å²) in [7, 11) is 0. The Balaban J connectivity index is 1.61. The summed E-state index contributed by atoms with van der Waals surface area (Å²) >= 11 is 0. The van der Waals surface area contributed by atoms with Gasteiger partial charge in [0.15, 0.2) is 18.9 Å². The van der Waals surface area contributed by atoms with Gasteiger partial charge in [0, 0.05) is 0 Å². The molecule has 3 aliphatic rings. The summed E-state index contributed by atoms with van der Waals surface area (Å²) in [4.78, 5) is 0. The molecule has 3 rings (SSSR count). The molecule has 0 spiro atoms. The minimum atomic E-state index is -1.51. The van der Waals surface area contributed by atoms with Crippen molar-refractivity contribution in [2.24, 2.45) is 17.2 Å². The van der Waals surface area contributed by atoms with Gasteiger partial charge in [0.1, 0.15) is 54.9 Å². The molecular formula is C22H43N3O13. The second kappa shape index (κ2) is 12.9. The molecule has 0 saturated carbocycles. The van der Waals surface area contributed by atoms with Gasteiger partial charge < -0.3 is 81.4 Å². The van der Waals surface area contributed by atoms with Crippen LogP contribution in [0, 0.1) is 0 Å². The molecule has 38 heavy (non-hydrogen) atoms. The van der Waals surface area contributed by atoms with E-state index in [0.29, 0.717) is 0 Å². The van der Waals surface area contributed by atoms with Crippen LogP contribution >= 0.6 is 0 Å². The van der Waals surface area contributed by atoms with Crippen molar-refractivity contribution in [3.8, 4) is 0 Å². The lowest BCUT2D eigenvalue weighted by Crippen LogP contribution is -2.66. The summed E-state index contributed by atoms with van der Waals surface area (Å²) in [5, 5.41) is 71.1. The normalized spacial score (nSPS) is 48.7. The number of nitrogens with two attached hydrogens (primary N) is 3. The minimum absolute atomic E-state index is 0.345. The molecule has 15 atom stereocenters. The smallest absolute Gasteiger partial charge is 0.176 e. The third kappa shape index (κ3) is 7.16. The Bertz CT molecular complexity index is 746. The minimum Gasteiger partial charge on any atom is -0.394 e. The van der Waals surface area contributed by atoms with Crippen molar-refractivity contribution in [3.63, 3.8) is 0 Å². The van der Waals surface area contributed by atoms with E-state index in [1.165, 1.54) is 0 Å². The van der Waals surface area contributed by atoms with Crippen LogP contribution in [0.25, 0.3) is 0 Å². The number of hydrogen-bond acceptors (Lipinski definition) is 16. The standard InChI is InChI=1S/C22H43N3O13/c1-22(2,3)38-21-12(25)18(32)15(29)9(37-21)6-34-20-11(24)17(31)14(28)8(36-20)5-33-19-10(23)16(30)13(27)7(4-26)35-19/h7-21,26-32H,4-6,23-25H2,1-3H3. The van der Waals surface area contributed by atoms with E-state index in [9.17, 15) is 35.7 Å². The first kappa shape index (κ1) is 31.9. The Morgan fingerprint density at radius 2 is 0.921 bits per heavy atom. The topological polar surface area (TPSA) is 275 Å². The van der Waals surface area contributed by atoms with E-state index in [-0.39, 0.29) is 6.61 Å². The molecular weight excluding hydrogens is 514 g/mol. The Kier molecular flexibility index (Phi) is 10.8. The zero-order valence-corrected chi connectivity index (χ0v) is 21.6. The highest BCUT2D eigenvalue weighted by atomic mass is 16.7. The van der Waals surface area contributed by atoms with Crippen molar-refractivity contribution in [1.29, 1.82) is 0 Å². The van der Waals surface area contributed by atoms with E-state index < -0.39 is 111 Å². The molecule has 0 aromatic carbocycles. The van der Waals surface area contributed by atoms with Crippen LogP contribution in [0.1, 0.15) is 20.8 Å². The first-order valence-electron chi connectivity index (χ1n) is 12.5. The van der Waals surface area contributed by atoms with Crippen LogP contribution in [-0.4, -0.2) is 153 Å². The van der Waals surface area contributed by atoms with E-state index in [4.69, 9.17) is 45.6 Å². The molecule has 3 heterocycles. The van der Waals surface area contributed by atoms with Crippen molar-refractivity contribution < 1.29 is 64.2 Å². The lowest BCUT2D eigenvalue weighted by molar-refractivity contribution is -0.318. The molecule has 3 aliphatic heterocycles. The predicted molar refractivity (Wildman–Crippen MR) is 126 cm³/mol. The van der Waals surface area contributed by atoms with Crippen LogP contribution in [0.3, 0.4) is 0 Å². The molecule has 15 unspecified atom stereocenters. The van der Waals surface area contributed by atoms with Gasteiger partial charge in [-0.25, -0.2) is 0 Å². The maximum Gasteiger partial charge on any atom is 0.176 e. The number of rotatable bonds is 8. The first-order chi connectivity index (χ1) is 17.7. The molecule has 16 heteroatoms. The Hall–Kier alpha value is -0.640. The lowest BCUT2D eigenvalue weighted by Gasteiger charge is -2.45. The summed E-state index contributed by atoms with van der Waals surface area (Å²) < 4.78 is 33.7. The highest BCUT2D eigenvalue weighted by Crippen LogP contribution is 2.28. The summed E-state index contributed by atoms with van der Waals surface area (Å²) in [5.74, 6) is 0. The Morgan fingerprint density at radius 1 is 0.579 bits per heavy atom. The summed E-state index contributed by atoms with van der Waals surface area (Å²) in [5.41, 5.74) is 17.1. The van der Waals surface area contributed by atoms with Crippen LogP contribution in [0.4, 0.5) is 0 Å². The van der Waals surface area contributed by atoms with Crippen LogP contribution in [0.2, 0.25) is 0 Å². The average molecular weight is 558 g/mol. The molecule has 0 aromatic rings. The largest absolute Gasteiger partial charge is 0.394 e. The van der Waals surface area contributed by atoms with Gasteiger partial charge in [-0.05, 0) is 20.8 Å². The van der Waals surface area contributed by atoms with E-state index in [0.717, 1.165) is 0 Å². The number of aliphatic hydroxyl groups is 7. The highest BCUT2D eigenvalue weighted by molar-refractivity contribution is 4.95. The molecule has 13 N–H and O–H groups in total. The van der Waals surface area contributed by atoms with Gasteiger partial charge in [-0.15, -0.1) is 0 Å². The van der Waals surface area contributed by atoms with Gasteiger partial charge in [0.2, 0.25) is 0 Å². The van der Waals surface area contributed by atoms with Crippen LogP contribution in [0.5, 0.6) is 0 Å². The van der Waals surface area contributed by atoms with Crippen LogP contribution < -0.4 is 17.2 Å². The van der Waals surface area contributed by atoms with Gasteiger partial charge in [-0.2, -0.15) is 0 Å². The number of ether oxygens (including phenoxy) is 6. The predicted octanol–water partition coefficient (Wildman–Crippen LogP) is -5.85. The maximum atomic E-state index is 10.5. The fourth-order valence-electron chi connectivity index (χ4n) is 4.42. The van der Waals surface area contributed by atoms with Crippen molar-refractivity contribution >= 4 is 0 Å². The van der Waals surface area contributed by atoms with Gasteiger partial charge in [-0.3, -0.25) is 0 Å². The van der Waals surface area contributed by atoms with Crippen molar-refractivity contribution in [1.82, 2.24) is 0 Å². The number of aliphatic hydroxyl groups excluding tert-OH is 7. The summed E-state index contributed by atoms with van der Waals surface area (Å²) in [6, 6.07) is -3.41. The molecule has 16 nitrogen and oxygen atoms in total. The molecule has 0 radical (unpaired) electrons. The molecule has 224 valence electrons.